The summed E-state index contributed by atoms with van der Waals surface area (Å²) in [6, 6.07) is 3.02. The molecule has 28 heavy (non-hydrogen) atoms. The van der Waals surface area contributed by atoms with Crippen molar-refractivity contribution in [3.05, 3.63) is 17.7 Å². The number of halogens is 3. The fourth-order valence-corrected chi connectivity index (χ4v) is 3.28. The van der Waals surface area contributed by atoms with Gasteiger partial charge in [0.15, 0.2) is 5.75 Å². The van der Waals surface area contributed by atoms with Gasteiger partial charge in [-0.3, -0.25) is 0 Å². The van der Waals surface area contributed by atoms with Crippen molar-refractivity contribution < 1.29 is 32.2 Å². The van der Waals surface area contributed by atoms with Gasteiger partial charge in [-0.05, 0) is 45.2 Å². The van der Waals surface area contributed by atoms with Crippen molar-refractivity contribution in [3.8, 4) is 11.5 Å². The predicted octanol–water partition coefficient (Wildman–Crippen LogP) is 3.97. The monoisotopic (exact) mass is 402 g/mol. The van der Waals surface area contributed by atoms with Crippen LogP contribution in [-0.4, -0.2) is 55.7 Å². The van der Waals surface area contributed by atoms with E-state index in [4.69, 9.17) is 9.47 Å². The number of ether oxygens (including phenoxy) is 3. The Kier molecular flexibility index (Phi) is 5.54. The fourth-order valence-electron chi connectivity index (χ4n) is 3.28. The van der Waals surface area contributed by atoms with Crippen LogP contribution in [-0.2, 0) is 11.2 Å². The number of piperazine rings is 1. The zero-order valence-electron chi connectivity index (χ0n) is 16.3. The van der Waals surface area contributed by atoms with E-state index in [0.29, 0.717) is 56.2 Å². The molecule has 0 radical (unpaired) electrons. The van der Waals surface area contributed by atoms with Gasteiger partial charge < -0.3 is 24.0 Å². The first-order chi connectivity index (χ1) is 13.0. The Labute approximate surface area is 162 Å². The SMILES string of the molecule is CC(C)(C)OC(=O)N1CCN(c2cc3c(cc2OC(F)(F)F)CCCO3)CC1. The highest BCUT2D eigenvalue weighted by Crippen LogP contribution is 2.40. The van der Waals surface area contributed by atoms with E-state index >= 15 is 0 Å². The molecule has 0 aliphatic carbocycles. The lowest BCUT2D eigenvalue weighted by Gasteiger charge is -2.37. The number of carbonyl (C=O) groups excluding carboxylic acids is 1. The third-order valence-corrected chi connectivity index (χ3v) is 4.49. The summed E-state index contributed by atoms with van der Waals surface area (Å²) in [4.78, 5) is 15.5. The lowest BCUT2D eigenvalue weighted by molar-refractivity contribution is -0.274. The zero-order valence-corrected chi connectivity index (χ0v) is 16.3. The third-order valence-electron chi connectivity index (χ3n) is 4.49. The van der Waals surface area contributed by atoms with E-state index in [0.717, 1.165) is 6.42 Å². The molecule has 156 valence electrons. The topological polar surface area (TPSA) is 51.2 Å². The normalized spacial score (nSPS) is 17.6. The molecule has 6 nitrogen and oxygen atoms in total. The van der Waals surface area contributed by atoms with Crippen LogP contribution < -0.4 is 14.4 Å². The van der Waals surface area contributed by atoms with Crippen LogP contribution in [0.1, 0.15) is 32.8 Å². The summed E-state index contributed by atoms with van der Waals surface area (Å²) in [5.41, 5.74) is 0.432. The first-order valence-corrected chi connectivity index (χ1v) is 9.30. The van der Waals surface area contributed by atoms with Crippen molar-refractivity contribution in [1.29, 1.82) is 0 Å². The maximum absolute atomic E-state index is 12.9. The molecule has 1 aromatic carbocycles. The minimum absolute atomic E-state index is 0.234. The van der Waals surface area contributed by atoms with Crippen molar-refractivity contribution in [1.82, 2.24) is 4.90 Å². The van der Waals surface area contributed by atoms with Crippen LogP contribution in [0.3, 0.4) is 0 Å². The van der Waals surface area contributed by atoms with Gasteiger partial charge >= 0.3 is 12.5 Å². The second-order valence-corrected chi connectivity index (χ2v) is 7.88. The number of fused-ring (bicyclic) bond motifs is 1. The average Bonchev–Trinajstić information content (AvgIpc) is 2.58. The quantitative estimate of drug-likeness (QED) is 0.749. The average molecular weight is 402 g/mol. The Morgan fingerprint density at radius 3 is 2.39 bits per heavy atom. The number of carbonyl (C=O) groups is 1. The second kappa shape index (κ2) is 7.60. The first-order valence-electron chi connectivity index (χ1n) is 9.30. The first kappa shape index (κ1) is 20.4. The maximum atomic E-state index is 12.9. The third kappa shape index (κ3) is 5.14. The van der Waals surface area contributed by atoms with Gasteiger partial charge in [0.05, 0.1) is 12.3 Å². The number of amides is 1. The molecule has 2 aliphatic rings. The number of benzene rings is 1. The van der Waals surface area contributed by atoms with Crippen molar-refractivity contribution in [2.24, 2.45) is 0 Å². The molecule has 0 bridgehead atoms. The van der Waals surface area contributed by atoms with Crippen molar-refractivity contribution in [2.75, 3.05) is 37.7 Å². The van der Waals surface area contributed by atoms with E-state index < -0.39 is 18.1 Å². The van der Waals surface area contributed by atoms with Gasteiger partial charge in [-0.1, -0.05) is 0 Å². The van der Waals surface area contributed by atoms with E-state index in [-0.39, 0.29) is 5.75 Å². The summed E-state index contributed by atoms with van der Waals surface area (Å²) in [6.07, 6.45) is -3.80. The molecule has 1 aromatic rings. The molecule has 1 fully saturated rings. The summed E-state index contributed by atoms with van der Waals surface area (Å²) < 4.78 is 54.0. The summed E-state index contributed by atoms with van der Waals surface area (Å²) >= 11 is 0. The van der Waals surface area contributed by atoms with Crippen molar-refractivity contribution >= 4 is 11.8 Å². The number of hydrogen-bond acceptors (Lipinski definition) is 5. The fraction of sp³-hybridized carbons (Fsp3) is 0.632. The molecule has 1 saturated heterocycles. The standard InChI is InChI=1S/C19H25F3N2O4/c1-18(2,3)28-17(25)24-8-6-23(7-9-24)14-12-15-13(5-4-10-26-15)11-16(14)27-19(20,21)22/h11-12H,4-10H2,1-3H3. The highest BCUT2D eigenvalue weighted by atomic mass is 19.4. The Morgan fingerprint density at radius 2 is 1.79 bits per heavy atom. The molecule has 9 heteroatoms. The summed E-state index contributed by atoms with van der Waals surface area (Å²) in [5.74, 6) is 0.354. The summed E-state index contributed by atoms with van der Waals surface area (Å²) in [7, 11) is 0. The Morgan fingerprint density at radius 1 is 1.11 bits per heavy atom. The van der Waals surface area contributed by atoms with Gasteiger partial charge in [0.2, 0.25) is 0 Å². The van der Waals surface area contributed by atoms with Crippen LogP contribution >= 0.6 is 0 Å². The minimum atomic E-state index is -4.78. The number of aryl methyl sites for hydroxylation is 1. The number of hydrogen-bond donors (Lipinski definition) is 0. The maximum Gasteiger partial charge on any atom is 0.573 e. The zero-order chi connectivity index (χ0) is 20.5. The van der Waals surface area contributed by atoms with Crippen LogP contribution in [0.15, 0.2) is 12.1 Å². The van der Waals surface area contributed by atoms with Crippen LogP contribution in [0, 0.1) is 0 Å². The highest BCUT2D eigenvalue weighted by Gasteiger charge is 2.35. The van der Waals surface area contributed by atoms with E-state index in [1.54, 1.807) is 36.6 Å². The molecule has 0 N–H and O–H groups in total. The summed E-state index contributed by atoms with van der Waals surface area (Å²) in [6.45, 7) is 7.33. The smallest absolute Gasteiger partial charge is 0.493 e. The van der Waals surface area contributed by atoms with E-state index in [9.17, 15) is 18.0 Å². The second-order valence-electron chi connectivity index (χ2n) is 7.88. The lowest BCUT2D eigenvalue weighted by atomic mass is 10.0. The highest BCUT2D eigenvalue weighted by molar-refractivity contribution is 5.69. The number of rotatable bonds is 2. The van der Waals surface area contributed by atoms with Crippen LogP contribution in [0.25, 0.3) is 0 Å². The van der Waals surface area contributed by atoms with Crippen molar-refractivity contribution in [3.63, 3.8) is 0 Å². The molecule has 0 aromatic heterocycles. The van der Waals surface area contributed by atoms with E-state index in [1.165, 1.54) is 6.07 Å². The molecule has 0 unspecified atom stereocenters. The number of anilines is 1. The summed E-state index contributed by atoms with van der Waals surface area (Å²) in [5, 5.41) is 0. The van der Waals surface area contributed by atoms with Crippen LogP contribution in [0.4, 0.5) is 23.7 Å². The van der Waals surface area contributed by atoms with Gasteiger partial charge in [0.25, 0.3) is 0 Å². The van der Waals surface area contributed by atoms with Gasteiger partial charge in [-0.15, -0.1) is 13.2 Å². The lowest BCUT2D eigenvalue weighted by Crippen LogP contribution is -2.50. The Balaban J connectivity index is 1.77. The van der Waals surface area contributed by atoms with Gasteiger partial charge in [0.1, 0.15) is 11.4 Å². The molecule has 2 heterocycles. The van der Waals surface area contributed by atoms with Gasteiger partial charge in [0, 0.05) is 32.2 Å². The molecule has 1 amide bonds. The predicted molar refractivity (Wildman–Crippen MR) is 97.0 cm³/mol. The number of alkyl halides is 3. The van der Waals surface area contributed by atoms with Gasteiger partial charge in [-0.2, -0.15) is 0 Å². The molecule has 2 aliphatic heterocycles. The minimum Gasteiger partial charge on any atom is -0.493 e. The van der Waals surface area contributed by atoms with Crippen LogP contribution in [0.5, 0.6) is 11.5 Å². The number of nitrogens with zero attached hydrogens (tertiary/aromatic N) is 2. The van der Waals surface area contributed by atoms with E-state index in [1.807, 2.05) is 0 Å². The molecule has 0 spiro atoms. The Bertz CT molecular complexity index is 723. The van der Waals surface area contributed by atoms with Crippen LogP contribution in [0.2, 0.25) is 0 Å². The molecular weight excluding hydrogens is 377 g/mol. The largest absolute Gasteiger partial charge is 0.573 e. The molecular formula is C19H25F3N2O4. The van der Waals surface area contributed by atoms with E-state index in [2.05, 4.69) is 4.74 Å². The molecule has 0 saturated carbocycles. The molecule has 0 atom stereocenters. The molecule has 3 rings (SSSR count). The Hall–Kier alpha value is -2.32. The van der Waals surface area contributed by atoms with Gasteiger partial charge in [-0.25, -0.2) is 4.79 Å². The van der Waals surface area contributed by atoms with Crippen molar-refractivity contribution in [2.45, 2.75) is 45.6 Å².